The molecule has 0 saturated carbocycles. The van der Waals surface area contributed by atoms with E-state index in [4.69, 9.17) is 9.47 Å². The number of methoxy groups -OCH3 is 2. The highest BCUT2D eigenvalue weighted by Gasteiger charge is 2.47. The van der Waals surface area contributed by atoms with E-state index >= 15 is 0 Å². The maximum absolute atomic E-state index is 12.7. The first-order valence-corrected chi connectivity index (χ1v) is 11.2. The Morgan fingerprint density at radius 3 is 2.16 bits per heavy atom. The molecular formula is C17H20N6O6S2. The third kappa shape index (κ3) is 4.87. The van der Waals surface area contributed by atoms with Crippen molar-refractivity contribution in [3.05, 3.63) is 30.3 Å². The Kier molecular flexibility index (Phi) is 7.27. The SMILES string of the molecule is COCCN1C(=O)C(=NNc2nc(-c3ccccc3)ns2)C(=O)N(CCOC)S1(=O)=O. The number of rotatable bonds is 9. The van der Waals surface area contributed by atoms with Crippen LogP contribution in [0.25, 0.3) is 11.4 Å². The van der Waals surface area contributed by atoms with E-state index in [1.165, 1.54) is 14.2 Å². The molecule has 1 fully saturated rings. The Balaban J connectivity index is 1.87. The maximum Gasteiger partial charge on any atom is 0.331 e. The van der Waals surface area contributed by atoms with Gasteiger partial charge in [0, 0.05) is 31.3 Å². The summed E-state index contributed by atoms with van der Waals surface area (Å²) < 4.78 is 40.5. The Morgan fingerprint density at radius 1 is 1.03 bits per heavy atom. The first kappa shape index (κ1) is 22.7. The number of aromatic nitrogens is 2. The van der Waals surface area contributed by atoms with Gasteiger partial charge in [0.1, 0.15) is 0 Å². The fourth-order valence-electron chi connectivity index (χ4n) is 2.61. The van der Waals surface area contributed by atoms with Gasteiger partial charge in [0.15, 0.2) is 5.82 Å². The number of ether oxygens (including phenoxy) is 2. The molecule has 1 aliphatic rings. The van der Waals surface area contributed by atoms with Crippen molar-refractivity contribution >= 4 is 44.4 Å². The van der Waals surface area contributed by atoms with Crippen LogP contribution in [0.15, 0.2) is 35.4 Å². The summed E-state index contributed by atoms with van der Waals surface area (Å²) in [5, 5.41) is 4.08. The quantitative estimate of drug-likeness (QED) is 0.510. The van der Waals surface area contributed by atoms with Crippen LogP contribution in [-0.2, 0) is 29.3 Å². The van der Waals surface area contributed by atoms with Gasteiger partial charge in [-0.15, -0.1) is 0 Å². The second kappa shape index (κ2) is 9.91. The molecular weight excluding hydrogens is 448 g/mol. The number of benzene rings is 1. The zero-order valence-electron chi connectivity index (χ0n) is 16.7. The lowest BCUT2D eigenvalue weighted by Crippen LogP contribution is -2.61. The molecule has 3 rings (SSSR count). The smallest absolute Gasteiger partial charge is 0.331 e. The fourth-order valence-corrected chi connectivity index (χ4v) is 4.58. The molecule has 1 aliphatic heterocycles. The van der Waals surface area contributed by atoms with Gasteiger partial charge in [0.05, 0.1) is 26.3 Å². The zero-order valence-corrected chi connectivity index (χ0v) is 18.4. The van der Waals surface area contributed by atoms with E-state index in [0.29, 0.717) is 14.4 Å². The molecule has 14 heteroatoms. The van der Waals surface area contributed by atoms with Crippen LogP contribution in [0.3, 0.4) is 0 Å². The Bertz CT molecular complexity index is 1040. The van der Waals surface area contributed by atoms with Crippen LogP contribution in [0.5, 0.6) is 0 Å². The van der Waals surface area contributed by atoms with E-state index in [9.17, 15) is 18.0 Å². The van der Waals surface area contributed by atoms with Crippen molar-refractivity contribution in [2.45, 2.75) is 0 Å². The van der Waals surface area contributed by atoms with E-state index in [0.717, 1.165) is 17.1 Å². The van der Waals surface area contributed by atoms with Crippen LogP contribution < -0.4 is 5.43 Å². The van der Waals surface area contributed by atoms with Crippen LogP contribution in [-0.4, -0.2) is 84.4 Å². The largest absolute Gasteiger partial charge is 0.383 e. The summed E-state index contributed by atoms with van der Waals surface area (Å²) >= 11 is 0.977. The standard InChI is InChI=1S/C17H20N6O6S2/c1-28-10-8-22-15(24)13(16(25)23(9-11-29-2)31(22,26)27)19-20-17-18-14(21-30-17)12-6-4-3-5-7-12/h3-7H,8-11H2,1-2H3,(H,18,20,21). The number of carbonyl (C=O) groups excluding carboxylic acids is 2. The van der Waals surface area contributed by atoms with Crippen LogP contribution in [0.2, 0.25) is 0 Å². The molecule has 0 aliphatic carbocycles. The van der Waals surface area contributed by atoms with Crippen molar-refractivity contribution in [1.82, 2.24) is 18.0 Å². The normalized spacial score (nSPS) is 16.0. The lowest BCUT2D eigenvalue weighted by molar-refractivity contribution is -0.127. The van der Waals surface area contributed by atoms with Gasteiger partial charge in [-0.05, 0) is 0 Å². The molecule has 12 nitrogen and oxygen atoms in total. The van der Waals surface area contributed by atoms with Crippen LogP contribution in [0.4, 0.5) is 5.13 Å². The van der Waals surface area contributed by atoms with Gasteiger partial charge in [-0.2, -0.15) is 22.9 Å². The summed E-state index contributed by atoms with van der Waals surface area (Å²) in [6, 6.07) is 9.20. The first-order chi connectivity index (χ1) is 14.9. The number of nitrogens with zero attached hydrogens (tertiary/aromatic N) is 5. The van der Waals surface area contributed by atoms with Crippen molar-refractivity contribution in [2.75, 3.05) is 45.9 Å². The van der Waals surface area contributed by atoms with Crippen LogP contribution in [0, 0.1) is 0 Å². The van der Waals surface area contributed by atoms with Crippen molar-refractivity contribution < 1.29 is 27.5 Å². The molecule has 2 amide bonds. The number of anilines is 1. The molecule has 2 heterocycles. The third-order valence-corrected chi connectivity index (χ3v) is 6.56. The topological polar surface area (TPSA) is 143 Å². The minimum atomic E-state index is -4.38. The second-order valence-electron chi connectivity index (χ2n) is 6.11. The van der Waals surface area contributed by atoms with Gasteiger partial charge in [-0.3, -0.25) is 15.0 Å². The fraction of sp³-hybridized carbons (Fsp3) is 0.353. The van der Waals surface area contributed by atoms with E-state index in [1.807, 2.05) is 30.3 Å². The number of carbonyl (C=O) groups is 2. The molecule has 0 radical (unpaired) electrons. The molecule has 0 spiro atoms. The molecule has 1 aromatic heterocycles. The summed E-state index contributed by atoms with van der Waals surface area (Å²) in [5.41, 5.74) is 2.71. The lowest BCUT2D eigenvalue weighted by atomic mass is 10.2. The molecule has 31 heavy (non-hydrogen) atoms. The van der Waals surface area contributed by atoms with Gasteiger partial charge in [0.2, 0.25) is 10.8 Å². The molecule has 1 saturated heterocycles. The number of amides is 2. The van der Waals surface area contributed by atoms with Gasteiger partial charge >= 0.3 is 10.2 Å². The Morgan fingerprint density at radius 2 is 1.61 bits per heavy atom. The highest BCUT2D eigenvalue weighted by molar-refractivity contribution is 7.88. The van der Waals surface area contributed by atoms with Crippen LogP contribution in [0.1, 0.15) is 0 Å². The molecule has 0 unspecified atom stereocenters. The van der Waals surface area contributed by atoms with Crippen LogP contribution >= 0.6 is 11.5 Å². The van der Waals surface area contributed by atoms with Crippen molar-refractivity contribution in [3.8, 4) is 11.4 Å². The Labute approximate surface area is 182 Å². The molecule has 1 aromatic carbocycles. The highest BCUT2D eigenvalue weighted by Crippen LogP contribution is 2.22. The van der Waals surface area contributed by atoms with E-state index < -0.39 is 27.7 Å². The van der Waals surface area contributed by atoms with Crippen molar-refractivity contribution in [3.63, 3.8) is 0 Å². The summed E-state index contributed by atoms with van der Waals surface area (Å²) in [6.07, 6.45) is 0. The minimum Gasteiger partial charge on any atom is -0.383 e. The first-order valence-electron chi connectivity index (χ1n) is 9.00. The molecule has 2 aromatic rings. The number of nitrogens with one attached hydrogen (secondary N) is 1. The van der Waals surface area contributed by atoms with Crippen molar-refractivity contribution in [2.24, 2.45) is 5.10 Å². The molecule has 0 atom stereocenters. The van der Waals surface area contributed by atoms with Gasteiger partial charge in [-0.1, -0.05) is 30.3 Å². The summed E-state index contributed by atoms with van der Waals surface area (Å²) in [7, 11) is -1.65. The summed E-state index contributed by atoms with van der Waals surface area (Å²) in [6.45, 7) is -0.640. The average molecular weight is 469 g/mol. The van der Waals surface area contributed by atoms with E-state index in [2.05, 4.69) is 19.9 Å². The summed E-state index contributed by atoms with van der Waals surface area (Å²) in [4.78, 5) is 29.7. The average Bonchev–Trinajstić information content (AvgIpc) is 3.23. The number of hydrogen-bond acceptors (Lipinski definition) is 11. The predicted molar refractivity (Wildman–Crippen MR) is 113 cm³/mol. The Hall–Kier alpha value is -2.94. The zero-order chi connectivity index (χ0) is 22.4. The monoisotopic (exact) mass is 468 g/mol. The molecule has 1 N–H and O–H groups in total. The van der Waals surface area contributed by atoms with Gasteiger partial charge in [0.25, 0.3) is 11.8 Å². The van der Waals surface area contributed by atoms with E-state index in [-0.39, 0.29) is 31.4 Å². The van der Waals surface area contributed by atoms with Crippen molar-refractivity contribution in [1.29, 1.82) is 0 Å². The second-order valence-corrected chi connectivity index (χ2v) is 8.64. The molecule has 0 bridgehead atoms. The molecule has 166 valence electrons. The third-order valence-electron chi connectivity index (χ3n) is 4.13. The lowest BCUT2D eigenvalue weighted by Gasteiger charge is -2.34. The van der Waals surface area contributed by atoms with E-state index in [1.54, 1.807) is 0 Å². The van der Waals surface area contributed by atoms with Gasteiger partial charge in [-0.25, -0.2) is 8.61 Å². The predicted octanol–water partition coefficient (Wildman–Crippen LogP) is 0.181. The number of hydrazone groups is 1. The number of hydrogen-bond donors (Lipinski definition) is 1. The van der Waals surface area contributed by atoms with Gasteiger partial charge < -0.3 is 9.47 Å². The highest BCUT2D eigenvalue weighted by atomic mass is 32.2. The maximum atomic E-state index is 12.7. The minimum absolute atomic E-state index is 0.0468. The summed E-state index contributed by atoms with van der Waals surface area (Å²) in [5.74, 6) is -1.67.